The fourth-order valence-corrected chi connectivity index (χ4v) is 19.7. The van der Waals surface area contributed by atoms with E-state index in [9.17, 15) is 0 Å². The standard InChI is InChI=1S/C43H61N2/c1-26-2-28-3-27(1)14-40(13-26,15-28)38-25-44(42-19-32-7-33(20-42)9-34(8-32)21-42)39(41-16-29-4-30(17-41)6-31(5-29)18-41)45(38)43-22-35-10-36(23-43)12-37(11-35)24-43/h25-37H,1-24H2/q+1. The van der Waals surface area contributed by atoms with Crippen molar-refractivity contribution in [3.05, 3.63) is 17.7 Å². The summed E-state index contributed by atoms with van der Waals surface area (Å²) in [5.41, 5.74) is 3.97. The summed E-state index contributed by atoms with van der Waals surface area (Å²) in [6.45, 7) is 0. The van der Waals surface area contributed by atoms with Gasteiger partial charge < -0.3 is 0 Å². The summed E-state index contributed by atoms with van der Waals surface area (Å²) in [6.07, 6.45) is 40.9. The van der Waals surface area contributed by atoms with Crippen molar-refractivity contribution in [3.8, 4) is 0 Å². The average Bonchev–Trinajstić information content (AvgIpc) is 3.40. The quantitative estimate of drug-likeness (QED) is 0.302. The molecule has 16 aliphatic carbocycles. The molecule has 0 aliphatic heterocycles. The zero-order valence-corrected chi connectivity index (χ0v) is 28.4. The average molecular weight is 606 g/mol. The van der Waals surface area contributed by atoms with Gasteiger partial charge in [-0.15, -0.1) is 0 Å². The van der Waals surface area contributed by atoms with Gasteiger partial charge in [0.1, 0.15) is 23.0 Å². The molecule has 0 unspecified atom stereocenters. The second kappa shape index (κ2) is 8.32. The van der Waals surface area contributed by atoms with Crippen LogP contribution >= 0.6 is 0 Å². The fraction of sp³-hybridized carbons (Fsp3) is 0.930. The number of nitrogens with zero attached hydrogens (tertiary/aromatic N) is 2. The lowest BCUT2D eigenvalue weighted by atomic mass is 9.47. The Hall–Kier alpha value is -0.790. The van der Waals surface area contributed by atoms with Crippen LogP contribution < -0.4 is 4.57 Å². The minimum Gasteiger partial charge on any atom is -0.228 e. The first kappa shape index (κ1) is 26.1. The first-order chi connectivity index (χ1) is 21.9. The van der Waals surface area contributed by atoms with Crippen LogP contribution in [0.2, 0.25) is 0 Å². The molecule has 0 amide bonds. The number of hydrogen-bond donors (Lipinski definition) is 0. The van der Waals surface area contributed by atoms with Gasteiger partial charge in [0.2, 0.25) is 0 Å². The van der Waals surface area contributed by atoms with Gasteiger partial charge in [-0.1, -0.05) is 0 Å². The van der Waals surface area contributed by atoms with Gasteiger partial charge in [0.15, 0.2) is 0 Å². The molecule has 16 fully saturated rings. The molecule has 2 nitrogen and oxygen atoms in total. The summed E-state index contributed by atoms with van der Waals surface area (Å²) in [5.74, 6) is 14.6. The van der Waals surface area contributed by atoms with Gasteiger partial charge in [0.25, 0.3) is 5.82 Å². The van der Waals surface area contributed by atoms with Gasteiger partial charge >= 0.3 is 0 Å². The van der Waals surface area contributed by atoms with E-state index in [2.05, 4.69) is 21.2 Å². The van der Waals surface area contributed by atoms with Crippen molar-refractivity contribution in [1.82, 2.24) is 4.57 Å². The molecule has 1 aromatic heterocycles. The zero-order valence-electron chi connectivity index (χ0n) is 28.4. The largest absolute Gasteiger partial charge is 0.263 e. The maximum atomic E-state index is 3.50. The Kier molecular flexibility index (Phi) is 4.83. The van der Waals surface area contributed by atoms with E-state index >= 15 is 0 Å². The molecule has 16 aliphatic rings. The van der Waals surface area contributed by atoms with Gasteiger partial charge in [-0.05, 0) is 225 Å². The maximum absolute atomic E-state index is 3.50. The van der Waals surface area contributed by atoms with Crippen LogP contribution in [-0.4, -0.2) is 4.57 Å². The van der Waals surface area contributed by atoms with E-state index in [1.807, 2.05) is 5.69 Å². The van der Waals surface area contributed by atoms with Crippen molar-refractivity contribution in [1.29, 1.82) is 0 Å². The highest BCUT2D eigenvalue weighted by Gasteiger charge is 2.67. The van der Waals surface area contributed by atoms with E-state index in [1.54, 1.807) is 154 Å². The third-order valence-corrected chi connectivity index (χ3v) is 19.0. The van der Waals surface area contributed by atoms with Crippen LogP contribution in [0.3, 0.4) is 0 Å². The molecular weight excluding hydrogens is 544 g/mol. The van der Waals surface area contributed by atoms with Crippen molar-refractivity contribution < 1.29 is 4.57 Å². The van der Waals surface area contributed by atoms with Crippen LogP contribution in [0.25, 0.3) is 0 Å². The first-order valence-corrected chi connectivity index (χ1v) is 21.1. The molecule has 242 valence electrons. The molecule has 0 N–H and O–H groups in total. The van der Waals surface area contributed by atoms with Crippen molar-refractivity contribution in [2.45, 2.75) is 176 Å². The van der Waals surface area contributed by atoms with E-state index in [1.165, 1.54) is 0 Å². The van der Waals surface area contributed by atoms with Crippen LogP contribution in [0.1, 0.15) is 166 Å². The molecule has 0 radical (unpaired) electrons. The summed E-state index contributed by atoms with van der Waals surface area (Å²) >= 11 is 0. The normalized spacial score (nSPS) is 60.4. The molecule has 17 rings (SSSR count). The Morgan fingerprint density at radius 2 is 0.711 bits per heavy atom. The SMILES string of the molecule is c1c(C23CC4CC(CC(C4)C2)C3)n(C23CC4CC(CC(C4)C2)C3)c(C23CC4CC(CC(C4)C2)C3)[n+]1C12CC3CC(CC(C3)C1)C2. The molecule has 0 aromatic carbocycles. The maximum Gasteiger partial charge on any atom is 0.263 e. The topological polar surface area (TPSA) is 8.81 Å². The summed E-state index contributed by atoms with van der Waals surface area (Å²) < 4.78 is 6.84. The lowest BCUT2D eigenvalue weighted by Crippen LogP contribution is -2.69. The minimum absolute atomic E-state index is 0.470. The fourth-order valence-electron chi connectivity index (χ4n) is 19.7. The number of imidazole rings is 1. The highest BCUT2D eigenvalue weighted by Crippen LogP contribution is 2.68. The molecule has 1 heterocycles. The Balaban J connectivity index is 1.10. The second-order valence-corrected chi connectivity index (χ2v) is 22.2. The lowest BCUT2D eigenvalue weighted by molar-refractivity contribution is -0.786. The van der Waals surface area contributed by atoms with Gasteiger partial charge in [0.05, 0.1) is 5.41 Å². The van der Waals surface area contributed by atoms with Crippen molar-refractivity contribution in [2.75, 3.05) is 0 Å². The van der Waals surface area contributed by atoms with Gasteiger partial charge in [-0.2, -0.15) is 0 Å². The van der Waals surface area contributed by atoms with Crippen molar-refractivity contribution in [2.24, 2.45) is 71.0 Å². The molecule has 16 bridgehead atoms. The summed E-state index contributed by atoms with van der Waals surface area (Å²) in [5, 5.41) is 0. The van der Waals surface area contributed by atoms with Crippen LogP contribution in [-0.2, 0) is 21.9 Å². The molecule has 45 heavy (non-hydrogen) atoms. The van der Waals surface area contributed by atoms with E-state index in [4.69, 9.17) is 0 Å². The Morgan fingerprint density at radius 3 is 1.09 bits per heavy atom. The minimum atomic E-state index is 0.470. The van der Waals surface area contributed by atoms with Crippen LogP contribution in [0.5, 0.6) is 0 Å². The molecule has 0 atom stereocenters. The predicted molar refractivity (Wildman–Crippen MR) is 177 cm³/mol. The third kappa shape index (κ3) is 3.39. The van der Waals surface area contributed by atoms with Gasteiger partial charge in [-0.3, -0.25) is 0 Å². The van der Waals surface area contributed by atoms with E-state index in [0.717, 1.165) is 71.0 Å². The Morgan fingerprint density at radius 1 is 0.400 bits per heavy atom. The molecule has 0 saturated heterocycles. The van der Waals surface area contributed by atoms with Crippen LogP contribution in [0, 0.1) is 71.0 Å². The van der Waals surface area contributed by atoms with Crippen molar-refractivity contribution in [3.63, 3.8) is 0 Å². The molecule has 16 saturated carbocycles. The third-order valence-electron chi connectivity index (χ3n) is 19.0. The summed E-state index contributed by atoms with van der Waals surface area (Å²) in [7, 11) is 0. The monoisotopic (exact) mass is 605 g/mol. The van der Waals surface area contributed by atoms with E-state index in [-0.39, 0.29) is 0 Å². The number of rotatable bonds is 4. The Labute approximate surface area is 273 Å². The number of hydrogen-bond acceptors (Lipinski definition) is 0. The molecule has 2 heteroatoms. The van der Waals surface area contributed by atoms with E-state index in [0.29, 0.717) is 21.9 Å². The smallest absolute Gasteiger partial charge is 0.228 e. The second-order valence-electron chi connectivity index (χ2n) is 22.2. The highest BCUT2D eigenvalue weighted by atomic mass is 15.3. The van der Waals surface area contributed by atoms with Crippen molar-refractivity contribution >= 4 is 0 Å². The predicted octanol–water partition coefficient (Wildman–Crippen LogP) is 9.56. The number of aromatic nitrogens is 2. The van der Waals surface area contributed by atoms with Crippen LogP contribution in [0.4, 0.5) is 0 Å². The lowest BCUT2D eigenvalue weighted by Gasteiger charge is -2.60. The van der Waals surface area contributed by atoms with E-state index < -0.39 is 0 Å². The Bertz CT molecular complexity index is 1210. The van der Waals surface area contributed by atoms with Crippen LogP contribution in [0.15, 0.2) is 6.20 Å². The summed E-state index contributed by atoms with van der Waals surface area (Å²) in [6, 6.07) is 0. The molecule has 0 spiro atoms. The molecular formula is C43H61N2+. The first-order valence-electron chi connectivity index (χ1n) is 21.1. The zero-order chi connectivity index (χ0) is 28.9. The van der Waals surface area contributed by atoms with Gasteiger partial charge in [0, 0.05) is 5.41 Å². The highest BCUT2D eigenvalue weighted by molar-refractivity contribution is 5.29. The summed E-state index contributed by atoms with van der Waals surface area (Å²) in [4.78, 5) is 0. The van der Waals surface area contributed by atoms with Gasteiger partial charge in [-0.25, -0.2) is 9.13 Å². The molecule has 1 aromatic rings.